The Labute approximate surface area is 138 Å². The SMILES string of the molecule is F.F.F.F.[F-].[F-].[K+].[K+].[SiH4]. The molecular weight excluding hydrogens is 220 g/mol. The van der Waals surface area contributed by atoms with Crippen molar-refractivity contribution in [2.45, 2.75) is 0 Å². The van der Waals surface area contributed by atoms with E-state index < -0.39 is 0 Å². The fourth-order valence-corrected chi connectivity index (χ4v) is 0. The van der Waals surface area contributed by atoms with Crippen LogP contribution >= 0.6 is 0 Å². The molecule has 0 amide bonds. The summed E-state index contributed by atoms with van der Waals surface area (Å²) in [5, 5.41) is 0. The molecule has 0 aliphatic carbocycles. The molecule has 0 saturated heterocycles. The first-order chi connectivity index (χ1) is 0. The summed E-state index contributed by atoms with van der Waals surface area (Å²) >= 11 is 0. The van der Waals surface area contributed by atoms with Crippen LogP contribution in [-0.2, 0) is 0 Å². The van der Waals surface area contributed by atoms with Crippen LogP contribution in [0, 0.1) is 0 Å². The second kappa shape index (κ2) is 119. The van der Waals surface area contributed by atoms with Gasteiger partial charge in [0.25, 0.3) is 0 Å². The summed E-state index contributed by atoms with van der Waals surface area (Å²) in [5.41, 5.74) is 0. The molecule has 0 heterocycles. The molecule has 0 aliphatic rings. The minimum Gasteiger partial charge on any atom is -1.00 e. The van der Waals surface area contributed by atoms with Gasteiger partial charge in [-0.1, -0.05) is 0 Å². The van der Waals surface area contributed by atoms with Gasteiger partial charge in [0, 0.05) is 0 Å². The topological polar surface area (TPSA) is 0 Å². The molecule has 0 radical (unpaired) electrons. The van der Waals surface area contributed by atoms with Crippen LogP contribution in [-0.4, -0.2) is 11.0 Å². The summed E-state index contributed by atoms with van der Waals surface area (Å²) in [6, 6.07) is 0. The second-order valence-corrected chi connectivity index (χ2v) is 0. The fraction of sp³-hybridized carbons (Fsp3) is 0. The largest absolute Gasteiger partial charge is 1.00 e. The summed E-state index contributed by atoms with van der Waals surface area (Å²) in [6.07, 6.45) is 0. The van der Waals surface area contributed by atoms with Gasteiger partial charge in [0.1, 0.15) is 0 Å². The van der Waals surface area contributed by atoms with Gasteiger partial charge in [0.15, 0.2) is 0 Å². The average molecular weight is 228 g/mol. The summed E-state index contributed by atoms with van der Waals surface area (Å²) in [6.45, 7) is 0. The molecule has 0 fully saturated rings. The third-order valence-corrected chi connectivity index (χ3v) is 0. The maximum Gasteiger partial charge on any atom is 1.00 e. The van der Waals surface area contributed by atoms with Crippen LogP contribution in [0.1, 0.15) is 0 Å². The van der Waals surface area contributed by atoms with Gasteiger partial charge < -0.3 is 9.41 Å². The van der Waals surface area contributed by atoms with Gasteiger partial charge in [-0.05, 0) is 11.0 Å². The Balaban J connectivity index is 0. The predicted octanol–water partition coefficient (Wildman–Crippen LogP) is -12.8. The van der Waals surface area contributed by atoms with Crippen LogP contribution in [0.2, 0.25) is 0 Å². The minimum atomic E-state index is 0. The number of hydrogen-bond acceptors (Lipinski definition) is 0. The van der Waals surface area contributed by atoms with E-state index in [1.165, 1.54) is 0 Å². The Bertz CT molecular complexity index is 11.0. The van der Waals surface area contributed by atoms with Gasteiger partial charge in [-0.2, -0.15) is 0 Å². The Morgan fingerprint density at radius 3 is 0.444 bits per heavy atom. The molecule has 0 saturated carbocycles. The van der Waals surface area contributed by atoms with E-state index in [2.05, 4.69) is 0 Å². The molecule has 0 rings (SSSR count). The van der Waals surface area contributed by atoms with Crippen molar-refractivity contribution in [1.82, 2.24) is 0 Å². The van der Waals surface area contributed by atoms with Crippen molar-refractivity contribution in [1.29, 1.82) is 0 Å². The third kappa shape index (κ3) is 96.6. The van der Waals surface area contributed by atoms with Crippen molar-refractivity contribution >= 4 is 11.0 Å². The molecule has 56 valence electrons. The monoisotopic (exact) mass is 228 g/mol. The summed E-state index contributed by atoms with van der Waals surface area (Å²) < 4.78 is 0. The molecule has 0 aliphatic heterocycles. The summed E-state index contributed by atoms with van der Waals surface area (Å²) in [7, 11) is 0. The van der Waals surface area contributed by atoms with Crippen LogP contribution in [0.4, 0.5) is 18.8 Å². The first kappa shape index (κ1) is 157. The molecular formula is H8F6K2Si. The van der Waals surface area contributed by atoms with Crippen LogP contribution in [0.3, 0.4) is 0 Å². The Kier molecular flexibility index (Phi) is 2080. The Hall–Kier alpha value is 3.07. The van der Waals surface area contributed by atoms with Crippen molar-refractivity contribution in [3.8, 4) is 0 Å². The van der Waals surface area contributed by atoms with Crippen LogP contribution in [0.15, 0.2) is 0 Å². The fourth-order valence-electron chi connectivity index (χ4n) is 0. The van der Waals surface area contributed by atoms with Gasteiger partial charge >= 0.3 is 103 Å². The zero-order valence-corrected chi connectivity index (χ0v) is 10.6. The molecule has 0 unspecified atom stereocenters. The van der Waals surface area contributed by atoms with E-state index in [4.69, 9.17) is 0 Å². The van der Waals surface area contributed by atoms with E-state index in [0.29, 0.717) is 0 Å². The van der Waals surface area contributed by atoms with Gasteiger partial charge in [0.05, 0.1) is 0 Å². The first-order valence-corrected chi connectivity index (χ1v) is 0. The molecule has 0 nitrogen and oxygen atoms in total. The molecule has 9 heavy (non-hydrogen) atoms. The summed E-state index contributed by atoms with van der Waals surface area (Å²) in [4.78, 5) is 0. The van der Waals surface area contributed by atoms with Crippen molar-refractivity contribution in [3.05, 3.63) is 0 Å². The molecule has 0 bridgehead atoms. The molecule has 0 aromatic rings. The second-order valence-electron chi connectivity index (χ2n) is 0. The Morgan fingerprint density at radius 2 is 0.444 bits per heavy atom. The normalized spacial score (nSPS) is 0. The zero-order chi connectivity index (χ0) is 0. The molecule has 0 spiro atoms. The average Bonchev–Trinajstić information content (AvgIpc) is 0. The number of hydrogen-bond donors (Lipinski definition) is 0. The van der Waals surface area contributed by atoms with Crippen molar-refractivity contribution in [3.63, 3.8) is 0 Å². The van der Waals surface area contributed by atoms with E-state index in [0.717, 1.165) is 0 Å². The quantitative estimate of drug-likeness (QED) is 0.285. The molecule has 9 heteroatoms. The van der Waals surface area contributed by atoms with Gasteiger partial charge in [0.2, 0.25) is 0 Å². The van der Waals surface area contributed by atoms with Crippen LogP contribution in [0.5, 0.6) is 0 Å². The van der Waals surface area contributed by atoms with Gasteiger partial charge in [-0.15, -0.1) is 0 Å². The molecule has 0 atom stereocenters. The molecule has 0 N–H and O–H groups in total. The maximum absolute atomic E-state index is 0. The predicted molar refractivity (Wildman–Crippen MR) is 21.3 cm³/mol. The summed E-state index contributed by atoms with van der Waals surface area (Å²) in [5.74, 6) is 0. The third-order valence-electron chi connectivity index (χ3n) is 0. The number of rotatable bonds is 0. The van der Waals surface area contributed by atoms with E-state index in [-0.39, 0.29) is 142 Å². The smallest absolute Gasteiger partial charge is 1.00 e. The molecule has 0 aromatic carbocycles. The van der Waals surface area contributed by atoms with Gasteiger partial charge in [-0.3, -0.25) is 18.8 Å². The van der Waals surface area contributed by atoms with E-state index >= 15 is 0 Å². The Morgan fingerprint density at radius 1 is 0.444 bits per heavy atom. The first-order valence-electron chi connectivity index (χ1n) is 0. The van der Waals surface area contributed by atoms with Crippen molar-refractivity contribution in [2.24, 2.45) is 0 Å². The van der Waals surface area contributed by atoms with Crippen molar-refractivity contribution < 1.29 is 131 Å². The molecule has 0 aromatic heterocycles. The maximum atomic E-state index is 0. The zero-order valence-electron chi connectivity index (χ0n) is 4.39. The standard InChI is InChI=1S/6FH.2K.H4Si/h6*1H;;;1H4/q;;;;;;2*+1;/p-2. The van der Waals surface area contributed by atoms with Crippen LogP contribution < -0.4 is 112 Å². The van der Waals surface area contributed by atoms with Crippen LogP contribution in [0.25, 0.3) is 0 Å². The van der Waals surface area contributed by atoms with E-state index in [9.17, 15) is 0 Å². The van der Waals surface area contributed by atoms with E-state index in [1.54, 1.807) is 0 Å². The minimum absolute atomic E-state index is 0. The number of halogens is 6. The van der Waals surface area contributed by atoms with Crippen molar-refractivity contribution in [2.75, 3.05) is 0 Å². The van der Waals surface area contributed by atoms with E-state index in [1.807, 2.05) is 0 Å². The van der Waals surface area contributed by atoms with Gasteiger partial charge in [-0.25, -0.2) is 0 Å².